The van der Waals surface area contributed by atoms with Crippen molar-refractivity contribution in [3.8, 4) is 0 Å². The maximum absolute atomic E-state index is 12.2. The van der Waals surface area contributed by atoms with Gasteiger partial charge in [0, 0.05) is 19.2 Å². The largest absolute Gasteiger partial charge is 0.479 e. The number of aryl methyl sites for hydroxylation is 1. The number of amides is 1. The standard InChI is InChI=1S/C13H14N4O4/c1-17-10-3-2-7(6-9(10)15-16-17)12(18)14-8-4-5-21-11(8)13(19)20/h2-3,6,8,11H,4-5H2,1H3,(H,14,18)(H,19,20)/t8-,11+/m1/s1. The zero-order valence-electron chi connectivity index (χ0n) is 11.3. The van der Waals surface area contributed by atoms with Crippen molar-refractivity contribution in [3.05, 3.63) is 23.8 Å². The number of aromatic nitrogens is 3. The van der Waals surface area contributed by atoms with Crippen LogP contribution in [-0.4, -0.2) is 50.7 Å². The summed E-state index contributed by atoms with van der Waals surface area (Å²) >= 11 is 0. The minimum atomic E-state index is -1.07. The number of carboxylic acids is 1. The van der Waals surface area contributed by atoms with E-state index in [0.717, 1.165) is 5.52 Å². The van der Waals surface area contributed by atoms with Gasteiger partial charge in [0.2, 0.25) is 0 Å². The summed E-state index contributed by atoms with van der Waals surface area (Å²) in [6.07, 6.45) is -0.509. The van der Waals surface area contributed by atoms with E-state index < -0.39 is 18.1 Å². The first kappa shape index (κ1) is 13.5. The van der Waals surface area contributed by atoms with Crippen LogP contribution in [-0.2, 0) is 16.6 Å². The first-order valence-electron chi connectivity index (χ1n) is 6.51. The Bertz CT molecular complexity index is 711. The third-order valence-corrected chi connectivity index (χ3v) is 3.52. The number of fused-ring (bicyclic) bond motifs is 1. The molecule has 2 heterocycles. The maximum Gasteiger partial charge on any atom is 0.334 e. The summed E-state index contributed by atoms with van der Waals surface area (Å²) < 4.78 is 6.71. The molecule has 0 spiro atoms. The first-order valence-corrected chi connectivity index (χ1v) is 6.51. The van der Waals surface area contributed by atoms with Crippen molar-refractivity contribution in [2.24, 2.45) is 7.05 Å². The van der Waals surface area contributed by atoms with E-state index in [-0.39, 0.29) is 5.91 Å². The van der Waals surface area contributed by atoms with Crippen molar-refractivity contribution >= 4 is 22.9 Å². The zero-order valence-corrected chi connectivity index (χ0v) is 11.3. The Morgan fingerprint density at radius 1 is 1.48 bits per heavy atom. The molecule has 110 valence electrons. The number of benzene rings is 1. The molecule has 0 radical (unpaired) electrons. The lowest BCUT2D eigenvalue weighted by Gasteiger charge is -2.16. The van der Waals surface area contributed by atoms with Crippen LogP contribution in [0.25, 0.3) is 11.0 Å². The number of rotatable bonds is 3. The second-order valence-electron chi connectivity index (χ2n) is 4.91. The number of nitrogens with one attached hydrogen (secondary N) is 1. The lowest BCUT2D eigenvalue weighted by Crippen LogP contribution is -2.44. The molecule has 1 aliphatic heterocycles. The van der Waals surface area contributed by atoms with Crippen molar-refractivity contribution in [1.29, 1.82) is 0 Å². The number of hydrogen-bond donors (Lipinski definition) is 2. The van der Waals surface area contributed by atoms with Gasteiger partial charge < -0.3 is 15.2 Å². The molecule has 0 unspecified atom stereocenters. The number of carboxylic acid groups (broad SMARTS) is 1. The highest BCUT2D eigenvalue weighted by Crippen LogP contribution is 2.16. The Labute approximate surface area is 119 Å². The molecular weight excluding hydrogens is 276 g/mol. The van der Waals surface area contributed by atoms with E-state index in [1.54, 1.807) is 29.9 Å². The smallest absolute Gasteiger partial charge is 0.334 e. The highest BCUT2D eigenvalue weighted by atomic mass is 16.5. The normalized spacial score (nSPS) is 21.6. The minimum Gasteiger partial charge on any atom is -0.479 e. The molecule has 3 rings (SSSR count). The Hall–Kier alpha value is -2.48. The molecule has 0 aliphatic carbocycles. The van der Waals surface area contributed by atoms with E-state index in [1.165, 1.54) is 0 Å². The quantitative estimate of drug-likeness (QED) is 0.820. The van der Waals surface area contributed by atoms with Crippen molar-refractivity contribution in [2.45, 2.75) is 18.6 Å². The van der Waals surface area contributed by atoms with Gasteiger partial charge >= 0.3 is 5.97 Å². The molecule has 0 saturated carbocycles. The van der Waals surface area contributed by atoms with Crippen molar-refractivity contribution in [2.75, 3.05) is 6.61 Å². The van der Waals surface area contributed by atoms with Crippen LogP contribution >= 0.6 is 0 Å². The van der Waals surface area contributed by atoms with Gasteiger partial charge in [-0.25, -0.2) is 9.48 Å². The predicted molar refractivity (Wildman–Crippen MR) is 71.8 cm³/mol. The molecule has 1 aromatic carbocycles. The number of carbonyl (C=O) groups excluding carboxylic acids is 1. The number of aliphatic carboxylic acids is 1. The number of hydrogen-bond acceptors (Lipinski definition) is 5. The molecule has 8 heteroatoms. The van der Waals surface area contributed by atoms with Gasteiger partial charge in [-0.2, -0.15) is 0 Å². The summed E-state index contributed by atoms with van der Waals surface area (Å²) in [7, 11) is 1.77. The lowest BCUT2D eigenvalue weighted by molar-refractivity contribution is -0.148. The summed E-state index contributed by atoms with van der Waals surface area (Å²) in [6, 6.07) is 4.52. The number of nitrogens with zero attached hydrogens (tertiary/aromatic N) is 3. The van der Waals surface area contributed by atoms with Gasteiger partial charge in [0.1, 0.15) is 5.52 Å². The van der Waals surface area contributed by atoms with Crippen LogP contribution in [0.1, 0.15) is 16.8 Å². The molecule has 1 fully saturated rings. The molecule has 1 aliphatic rings. The average Bonchev–Trinajstić information content (AvgIpc) is 3.06. The number of ether oxygens (including phenoxy) is 1. The van der Waals surface area contributed by atoms with Gasteiger partial charge in [-0.1, -0.05) is 5.21 Å². The number of carbonyl (C=O) groups is 2. The van der Waals surface area contributed by atoms with Gasteiger partial charge in [-0.3, -0.25) is 4.79 Å². The zero-order chi connectivity index (χ0) is 15.0. The Morgan fingerprint density at radius 2 is 2.29 bits per heavy atom. The Kier molecular flexibility index (Phi) is 3.30. The summed E-state index contributed by atoms with van der Waals surface area (Å²) in [4.78, 5) is 23.2. The first-order chi connectivity index (χ1) is 10.1. The van der Waals surface area contributed by atoms with Crippen LogP contribution in [0.4, 0.5) is 0 Å². The third-order valence-electron chi connectivity index (χ3n) is 3.52. The van der Waals surface area contributed by atoms with E-state index in [2.05, 4.69) is 15.6 Å². The lowest BCUT2D eigenvalue weighted by atomic mass is 10.1. The topological polar surface area (TPSA) is 106 Å². The Balaban J connectivity index is 1.79. The van der Waals surface area contributed by atoms with Gasteiger partial charge in [-0.05, 0) is 24.6 Å². The van der Waals surface area contributed by atoms with Crippen LogP contribution in [0.5, 0.6) is 0 Å². The fourth-order valence-corrected chi connectivity index (χ4v) is 2.41. The maximum atomic E-state index is 12.2. The van der Waals surface area contributed by atoms with Gasteiger partial charge in [0.15, 0.2) is 6.10 Å². The minimum absolute atomic E-state index is 0.325. The predicted octanol–water partition coefficient (Wildman–Crippen LogP) is -0.0598. The third kappa shape index (κ3) is 2.45. The summed E-state index contributed by atoms with van der Waals surface area (Å²) in [5.74, 6) is -1.41. The SMILES string of the molecule is Cn1nnc2cc(C(=O)N[C@@H]3CCO[C@@H]3C(=O)O)ccc21. The second-order valence-corrected chi connectivity index (χ2v) is 4.91. The van der Waals surface area contributed by atoms with Gasteiger partial charge in [0.05, 0.1) is 11.6 Å². The van der Waals surface area contributed by atoms with E-state index >= 15 is 0 Å². The van der Waals surface area contributed by atoms with E-state index in [9.17, 15) is 9.59 Å². The highest BCUT2D eigenvalue weighted by molar-refractivity contribution is 5.97. The summed E-state index contributed by atoms with van der Waals surface area (Å²) in [5.41, 5.74) is 1.85. The van der Waals surface area contributed by atoms with E-state index in [1.807, 2.05) is 0 Å². The molecule has 1 saturated heterocycles. The van der Waals surface area contributed by atoms with Crippen LogP contribution in [0.15, 0.2) is 18.2 Å². The van der Waals surface area contributed by atoms with Crippen LogP contribution in [0.2, 0.25) is 0 Å². The van der Waals surface area contributed by atoms with Crippen LogP contribution < -0.4 is 5.32 Å². The molecule has 21 heavy (non-hydrogen) atoms. The van der Waals surface area contributed by atoms with Crippen LogP contribution in [0.3, 0.4) is 0 Å². The fourth-order valence-electron chi connectivity index (χ4n) is 2.41. The van der Waals surface area contributed by atoms with E-state index in [4.69, 9.17) is 9.84 Å². The second kappa shape index (κ2) is 5.13. The molecule has 1 amide bonds. The molecule has 0 bridgehead atoms. The fraction of sp³-hybridized carbons (Fsp3) is 0.385. The molecule has 1 aromatic heterocycles. The van der Waals surface area contributed by atoms with Gasteiger partial charge in [-0.15, -0.1) is 5.10 Å². The molecule has 8 nitrogen and oxygen atoms in total. The highest BCUT2D eigenvalue weighted by Gasteiger charge is 2.35. The van der Waals surface area contributed by atoms with Crippen molar-refractivity contribution in [1.82, 2.24) is 20.3 Å². The van der Waals surface area contributed by atoms with Crippen molar-refractivity contribution < 1.29 is 19.4 Å². The van der Waals surface area contributed by atoms with Crippen molar-refractivity contribution in [3.63, 3.8) is 0 Å². The Morgan fingerprint density at radius 3 is 3.05 bits per heavy atom. The molecule has 2 atom stereocenters. The van der Waals surface area contributed by atoms with Crippen LogP contribution in [0, 0.1) is 0 Å². The monoisotopic (exact) mass is 290 g/mol. The van der Waals surface area contributed by atoms with Gasteiger partial charge in [0.25, 0.3) is 5.91 Å². The molecular formula is C13H14N4O4. The molecule has 2 N–H and O–H groups in total. The summed E-state index contributed by atoms with van der Waals surface area (Å²) in [6.45, 7) is 0.325. The average molecular weight is 290 g/mol. The summed E-state index contributed by atoms with van der Waals surface area (Å²) in [5, 5.41) is 19.5. The molecule has 2 aromatic rings. The van der Waals surface area contributed by atoms with E-state index in [0.29, 0.717) is 24.1 Å².